The normalized spacial score (nSPS) is 26.5. The van der Waals surface area contributed by atoms with E-state index in [2.05, 4.69) is 10.6 Å². The molecule has 124 valence electrons. The van der Waals surface area contributed by atoms with Crippen molar-refractivity contribution in [3.63, 3.8) is 0 Å². The molecule has 4 rings (SSSR count). The first kappa shape index (κ1) is 15.2. The van der Waals surface area contributed by atoms with Gasteiger partial charge in [-0.15, -0.1) is 0 Å². The first-order chi connectivity index (χ1) is 11.6. The largest absolute Gasteiger partial charge is 0.351 e. The highest BCUT2D eigenvalue weighted by atomic mass is 16.2. The van der Waals surface area contributed by atoms with Gasteiger partial charge in [-0.2, -0.15) is 0 Å². The summed E-state index contributed by atoms with van der Waals surface area (Å²) in [4.78, 5) is 24.0. The highest BCUT2D eigenvalue weighted by Crippen LogP contribution is 2.35. The first-order valence-corrected chi connectivity index (χ1v) is 8.74. The third-order valence-electron chi connectivity index (χ3n) is 5.52. The fourth-order valence-electron chi connectivity index (χ4n) is 4.06. The van der Waals surface area contributed by atoms with Crippen LogP contribution in [0.5, 0.6) is 0 Å². The van der Waals surface area contributed by atoms with Gasteiger partial charge in [0, 0.05) is 23.6 Å². The minimum absolute atomic E-state index is 0.00125. The molecule has 2 amide bonds. The van der Waals surface area contributed by atoms with E-state index in [0.717, 1.165) is 42.9 Å². The van der Waals surface area contributed by atoms with Crippen molar-refractivity contribution in [2.75, 3.05) is 0 Å². The number of rotatable bonds is 2. The van der Waals surface area contributed by atoms with Crippen LogP contribution in [0, 0.1) is 0 Å². The third kappa shape index (κ3) is 2.88. The second kappa shape index (κ2) is 5.93. The van der Waals surface area contributed by atoms with Crippen LogP contribution >= 0.6 is 0 Å². The van der Waals surface area contributed by atoms with E-state index in [0.29, 0.717) is 12.0 Å². The van der Waals surface area contributed by atoms with E-state index >= 15 is 0 Å². The quantitative estimate of drug-likeness (QED) is 0.892. The fourth-order valence-corrected chi connectivity index (χ4v) is 4.06. The second-order valence-electron chi connectivity index (χ2n) is 7.14. The molecular weight excluding hydrogens is 300 g/mol. The lowest BCUT2D eigenvalue weighted by molar-refractivity contribution is -0.120. The summed E-state index contributed by atoms with van der Waals surface area (Å²) < 4.78 is 0. The molecule has 0 atom stereocenters. The summed E-state index contributed by atoms with van der Waals surface area (Å²) in [5, 5.41) is 8.54. The minimum atomic E-state index is -0.00263. The predicted molar refractivity (Wildman–Crippen MR) is 93.8 cm³/mol. The lowest BCUT2D eigenvalue weighted by Gasteiger charge is -2.37. The number of amides is 2. The molecule has 0 bridgehead atoms. The number of benzene rings is 2. The zero-order chi connectivity index (χ0) is 16.6. The highest BCUT2D eigenvalue weighted by molar-refractivity contribution is 5.98. The molecule has 2 fully saturated rings. The van der Waals surface area contributed by atoms with Crippen molar-refractivity contribution in [3.8, 4) is 0 Å². The van der Waals surface area contributed by atoms with Crippen molar-refractivity contribution in [3.05, 3.63) is 48.0 Å². The van der Waals surface area contributed by atoms with E-state index in [1.54, 1.807) is 0 Å². The van der Waals surface area contributed by atoms with Gasteiger partial charge in [0.1, 0.15) is 0 Å². The topological polar surface area (TPSA) is 58.2 Å². The molecule has 1 saturated carbocycles. The number of fused-ring (bicyclic) bond motifs is 1. The van der Waals surface area contributed by atoms with E-state index in [1.165, 1.54) is 0 Å². The molecule has 0 aromatic heterocycles. The van der Waals surface area contributed by atoms with Crippen LogP contribution in [0.25, 0.3) is 10.8 Å². The molecule has 1 heterocycles. The SMILES string of the molecule is O=C1CCC2(CCC(NC(=O)c3ccc4ccccc4c3)CC2)N1. The van der Waals surface area contributed by atoms with Gasteiger partial charge in [-0.05, 0) is 55.0 Å². The van der Waals surface area contributed by atoms with Crippen molar-refractivity contribution in [2.24, 2.45) is 0 Å². The molecule has 2 N–H and O–H groups in total. The Kier molecular flexibility index (Phi) is 3.75. The van der Waals surface area contributed by atoms with Gasteiger partial charge in [0.2, 0.25) is 5.91 Å². The Labute approximate surface area is 141 Å². The molecule has 2 aromatic rings. The van der Waals surface area contributed by atoms with Crippen LogP contribution in [0.1, 0.15) is 48.9 Å². The number of carbonyl (C=O) groups excluding carboxylic acids is 2. The van der Waals surface area contributed by atoms with E-state index in [9.17, 15) is 9.59 Å². The molecule has 2 aliphatic rings. The predicted octanol–water partition coefficient (Wildman–Crippen LogP) is 3.16. The Bertz CT molecular complexity index is 791. The van der Waals surface area contributed by atoms with Crippen LogP contribution in [-0.4, -0.2) is 23.4 Å². The zero-order valence-corrected chi connectivity index (χ0v) is 13.7. The standard InChI is InChI=1S/C20H22N2O2/c23-18-9-12-20(22-18)10-7-17(8-11-20)21-19(24)16-6-5-14-3-1-2-4-15(14)13-16/h1-6,13,17H,7-12H2,(H,21,24)(H,22,23). The summed E-state index contributed by atoms with van der Waals surface area (Å²) in [7, 11) is 0. The number of hydrogen-bond donors (Lipinski definition) is 2. The molecule has 0 radical (unpaired) electrons. The maximum atomic E-state index is 12.5. The van der Waals surface area contributed by atoms with Gasteiger partial charge in [0.05, 0.1) is 0 Å². The Morgan fingerprint density at radius 2 is 1.79 bits per heavy atom. The summed E-state index contributed by atoms with van der Waals surface area (Å²) >= 11 is 0. The van der Waals surface area contributed by atoms with E-state index < -0.39 is 0 Å². The second-order valence-corrected chi connectivity index (χ2v) is 7.14. The van der Waals surface area contributed by atoms with Crippen LogP contribution in [0.15, 0.2) is 42.5 Å². The van der Waals surface area contributed by atoms with Crippen LogP contribution < -0.4 is 10.6 Å². The van der Waals surface area contributed by atoms with Crippen LogP contribution in [-0.2, 0) is 4.79 Å². The van der Waals surface area contributed by atoms with E-state index in [-0.39, 0.29) is 23.4 Å². The van der Waals surface area contributed by atoms with Crippen molar-refractivity contribution in [1.29, 1.82) is 0 Å². The average molecular weight is 322 g/mol. The van der Waals surface area contributed by atoms with Crippen molar-refractivity contribution < 1.29 is 9.59 Å². The number of hydrogen-bond acceptors (Lipinski definition) is 2. The summed E-state index contributed by atoms with van der Waals surface area (Å²) in [5.41, 5.74) is 0.713. The summed E-state index contributed by atoms with van der Waals surface area (Å²) in [6.07, 6.45) is 5.37. The smallest absolute Gasteiger partial charge is 0.251 e. The van der Waals surface area contributed by atoms with Crippen LogP contribution in [0.4, 0.5) is 0 Å². The molecule has 24 heavy (non-hydrogen) atoms. The average Bonchev–Trinajstić information content (AvgIpc) is 2.97. The van der Waals surface area contributed by atoms with Gasteiger partial charge in [-0.25, -0.2) is 0 Å². The molecular formula is C20H22N2O2. The van der Waals surface area contributed by atoms with Crippen LogP contribution in [0.3, 0.4) is 0 Å². The molecule has 4 nitrogen and oxygen atoms in total. The van der Waals surface area contributed by atoms with Gasteiger partial charge in [-0.1, -0.05) is 30.3 Å². The van der Waals surface area contributed by atoms with E-state index in [1.807, 2.05) is 42.5 Å². The Morgan fingerprint density at radius 3 is 2.50 bits per heavy atom. The molecule has 1 aliphatic carbocycles. The molecule has 1 aliphatic heterocycles. The number of nitrogens with one attached hydrogen (secondary N) is 2. The van der Waals surface area contributed by atoms with Crippen LogP contribution in [0.2, 0.25) is 0 Å². The summed E-state index contributed by atoms with van der Waals surface area (Å²) in [6.45, 7) is 0. The monoisotopic (exact) mass is 322 g/mol. The maximum absolute atomic E-state index is 12.5. The molecule has 2 aromatic carbocycles. The highest BCUT2D eigenvalue weighted by Gasteiger charge is 2.40. The van der Waals surface area contributed by atoms with Crippen molar-refractivity contribution in [2.45, 2.75) is 50.1 Å². The number of carbonyl (C=O) groups is 2. The molecule has 1 saturated heterocycles. The van der Waals surface area contributed by atoms with Gasteiger partial charge in [0.25, 0.3) is 5.91 Å². The molecule has 1 spiro atoms. The Balaban J connectivity index is 1.40. The lowest BCUT2D eigenvalue weighted by atomic mass is 9.78. The van der Waals surface area contributed by atoms with Gasteiger partial charge in [-0.3, -0.25) is 9.59 Å². The third-order valence-corrected chi connectivity index (χ3v) is 5.52. The van der Waals surface area contributed by atoms with Crippen molar-refractivity contribution >= 4 is 22.6 Å². The lowest BCUT2D eigenvalue weighted by Crippen LogP contribution is -2.48. The van der Waals surface area contributed by atoms with Gasteiger partial charge < -0.3 is 10.6 Å². The van der Waals surface area contributed by atoms with Gasteiger partial charge in [0.15, 0.2) is 0 Å². The van der Waals surface area contributed by atoms with Crippen molar-refractivity contribution in [1.82, 2.24) is 10.6 Å². The zero-order valence-electron chi connectivity index (χ0n) is 13.7. The molecule has 4 heteroatoms. The van der Waals surface area contributed by atoms with E-state index in [4.69, 9.17) is 0 Å². The Hall–Kier alpha value is -2.36. The molecule has 0 unspecified atom stereocenters. The first-order valence-electron chi connectivity index (χ1n) is 8.74. The van der Waals surface area contributed by atoms with Gasteiger partial charge >= 0.3 is 0 Å². The summed E-state index contributed by atoms with van der Waals surface area (Å²) in [6, 6.07) is 14.1. The Morgan fingerprint density at radius 1 is 1.04 bits per heavy atom. The maximum Gasteiger partial charge on any atom is 0.251 e. The minimum Gasteiger partial charge on any atom is -0.351 e. The summed E-state index contributed by atoms with van der Waals surface area (Å²) in [5.74, 6) is 0.172. The fraction of sp³-hybridized carbons (Fsp3) is 0.400.